The molecule has 0 fully saturated rings. The molecule has 0 atom stereocenters. The molecule has 1 nitrogen and oxygen atoms in total. The number of benzene rings is 3. The van der Waals surface area contributed by atoms with Crippen LogP contribution < -0.4 is 15.9 Å². The normalized spacial score (nSPS) is 12.4. The number of halogens is 1. The van der Waals surface area contributed by atoms with Crippen LogP contribution in [0.3, 0.4) is 0 Å². The Morgan fingerprint density at radius 2 is 1.00 bits per heavy atom. The van der Waals surface area contributed by atoms with Crippen molar-refractivity contribution in [3.05, 3.63) is 91.0 Å². The second-order valence-electron chi connectivity index (χ2n) is 5.49. The zero-order chi connectivity index (χ0) is 16.0. The summed E-state index contributed by atoms with van der Waals surface area (Å²) in [6.45, 7) is 0. The van der Waals surface area contributed by atoms with Crippen molar-refractivity contribution in [2.24, 2.45) is 4.02 Å². The molecule has 0 bridgehead atoms. The van der Waals surface area contributed by atoms with Crippen LogP contribution in [0.2, 0.25) is 0 Å². The summed E-state index contributed by atoms with van der Waals surface area (Å²) in [6.07, 6.45) is 2.93. The van der Waals surface area contributed by atoms with Crippen molar-refractivity contribution in [1.82, 2.24) is 0 Å². The molecule has 0 N–H and O–H groups in total. The molecule has 0 heterocycles. The summed E-state index contributed by atoms with van der Waals surface area (Å²) in [5, 5.41) is 4.22. The first-order valence-electron chi connectivity index (χ1n) is 7.67. The first-order valence-corrected chi connectivity index (χ1v) is 10.6. The van der Waals surface area contributed by atoms with Crippen molar-refractivity contribution in [2.75, 3.05) is 6.16 Å². The third-order valence-electron chi connectivity index (χ3n) is 4.27. The molecule has 116 valence electrons. The fourth-order valence-electron chi connectivity index (χ4n) is 3.19. The molecule has 3 rings (SSSR count). The van der Waals surface area contributed by atoms with Crippen LogP contribution in [-0.4, -0.2) is 12.4 Å². The standard InChI is InChI=1S/C20H19BrNP/c21-22-16-17-23(18-10-4-1-5-11-18,19-12-6-2-7-13-19)20-14-8-3-9-15-20/h1-16,23H,17H2/b22-16+. The van der Waals surface area contributed by atoms with Gasteiger partial charge < -0.3 is 0 Å². The second-order valence-corrected chi connectivity index (χ2v) is 9.85. The summed E-state index contributed by atoms with van der Waals surface area (Å²) in [6, 6.07) is 32.6. The van der Waals surface area contributed by atoms with Crippen LogP contribution >= 0.6 is 23.4 Å². The molecule has 0 saturated heterocycles. The molecule has 0 spiro atoms. The third-order valence-corrected chi connectivity index (χ3v) is 9.31. The molecule has 0 aromatic heterocycles. The molecule has 0 aliphatic carbocycles. The zero-order valence-electron chi connectivity index (χ0n) is 12.8. The molecule has 0 saturated carbocycles. The summed E-state index contributed by atoms with van der Waals surface area (Å²) >= 11 is 3.21. The fraction of sp³-hybridized carbons (Fsp3) is 0.0500. The summed E-state index contributed by atoms with van der Waals surface area (Å²) < 4.78 is 4.12. The molecule has 0 amide bonds. The zero-order valence-corrected chi connectivity index (χ0v) is 15.4. The second kappa shape index (κ2) is 7.68. The van der Waals surface area contributed by atoms with Crippen molar-refractivity contribution < 1.29 is 0 Å². The van der Waals surface area contributed by atoms with Crippen LogP contribution in [0, 0.1) is 0 Å². The van der Waals surface area contributed by atoms with E-state index in [4.69, 9.17) is 0 Å². The fourth-order valence-corrected chi connectivity index (χ4v) is 7.96. The van der Waals surface area contributed by atoms with Crippen molar-refractivity contribution in [3.63, 3.8) is 0 Å². The van der Waals surface area contributed by atoms with Gasteiger partial charge in [0.2, 0.25) is 0 Å². The molecule has 0 unspecified atom stereocenters. The number of nitrogens with zero attached hydrogens (tertiary/aromatic N) is 1. The molecule has 3 heteroatoms. The van der Waals surface area contributed by atoms with Crippen LogP contribution in [0.25, 0.3) is 0 Å². The molecule has 0 aliphatic heterocycles. The summed E-state index contributed by atoms with van der Waals surface area (Å²) in [5.41, 5.74) is 0. The van der Waals surface area contributed by atoms with Gasteiger partial charge in [0.15, 0.2) is 0 Å². The summed E-state index contributed by atoms with van der Waals surface area (Å²) in [5.74, 6) is 0. The Balaban J connectivity index is 2.30. The SMILES string of the molecule is Br/N=C/C[PH](c1ccccc1)(c1ccccc1)c1ccccc1. The van der Waals surface area contributed by atoms with E-state index in [0.717, 1.165) is 6.16 Å². The van der Waals surface area contributed by atoms with Gasteiger partial charge >= 0.3 is 147 Å². The Labute approximate surface area is 146 Å². The van der Waals surface area contributed by atoms with Gasteiger partial charge in [-0.3, -0.25) is 0 Å². The van der Waals surface area contributed by atoms with E-state index < -0.39 is 7.26 Å². The van der Waals surface area contributed by atoms with E-state index in [1.54, 1.807) is 0 Å². The van der Waals surface area contributed by atoms with Crippen molar-refractivity contribution in [3.8, 4) is 0 Å². The molecule has 0 radical (unpaired) electrons. The van der Waals surface area contributed by atoms with Crippen molar-refractivity contribution in [2.45, 2.75) is 0 Å². The summed E-state index contributed by atoms with van der Waals surface area (Å²) in [4.78, 5) is 0. The Hall–Kier alpha value is -1.76. The van der Waals surface area contributed by atoms with Gasteiger partial charge in [-0.25, -0.2) is 0 Å². The molecule has 23 heavy (non-hydrogen) atoms. The minimum atomic E-state index is -2.12. The van der Waals surface area contributed by atoms with E-state index in [1.807, 2.05) is 6.21 Å². The molecular formula is C20H19BrNP. The maximum atomic E-state index is 4.12. The van der Waals surface area contributed by atoms with Gasteiger partial charge in [-0.2, -0.15) is 0 Å². The Kier molecular flexibility index (Phi) is 5.38. The number of hydrogen-bond donors (Lipinski definition) is 0. The Morgan fingerprint density at radius 3 is 1.30 bits per heavy atom. The van der Waals surface area contributed by atoms with Crippen LogP contribution in [0.5, 0.6) is 0 Å². The monoisotopic (exact) mass is 383 g/mol. The van der Waals surface area contributed by atoms with Crippen LogP contribution in [-0.2, 0) is 0 Å². The van der Waals surface area contributed by atoms with Gasteiger partial charge in [0.25, 0.3) is 0 Å². The molecule has 3 aromatic rings. The van der Waals surface area contributed by atoms with E-state index in [2.05, 4.69) is 111 Å². The Bertz CT molecular complexity index is 661. The van der Waals surface area contributed by atoms with Crippen molar-refractivity contribution in [1.29, 1.82) is 0 Å². The van der Waals surface area contributed by atoms with Crippen molar-refractivity contribution >= 4 is 45.5 Å². The van der Waals surface area contributed by atoms with E-state index in [1.165, 1.54) is 15.9 Å². The first kappa shape index (κ1) is 16.1. The predicted octanol–water partition coefficient (Wildman–Crippen LogP) is 4.09. The third kappa shape index (κ3) is 3.29. The van der Waals surface area contributed by atoms with Crippen LogP contribution in [0.15, 0.2) is 95.0 Å². The van der Waals surface area contributed by atoms with E-state index in [9.17, 15) is 0 Å². The van der Waals surface area contributed by atoms with Gasteiger partial charge in [-0.15, -0.1) is 0 Å². The predicted molar refractivity (Wildman–Crippen MR) is 109 cm³/mol. The molecule has 3 aromatic carbocycles. The van der Waals surface area contributed by atoms with Crippen LogP contribution in [0.4, 0.5) is 0 Å². The van der Waals surface area contributed by atoms with Gasteiger partial charge in [-0.05, 0) is 0 Å². The quantitative estimate of drug-likeness (QED) is 0.464. The van der Waals surface area contributed by atoms with E-state index in [0.29, 0.717) is 0 Å². The number of rotatable bonds is 5. The maximum absolute atomic E-state index is 4.12. The first-order chi connectivity index (χ1) is 11.4. The van der Waals surface area contributed by atoms with Gasteiger partial charge in [0.05, 0.1) is 0 Å². The van der Waals surface area contributed by atoms with Gasteiger partial charge in [0.1, 0.15) is 0 Å². The molecule has 0 aliphatic rings. The van der Waals surface area contributed by atoms with Gasteiger partial charge in [-0.1, -0.05) is 0 Å². The van der Waals surface area contributed by atoms with Crippen LogP contribution in [0.1, 0.15) is 0 Å². The minimum absolute atomic E-state index is 0.927. The molecular weight excluding hydrogens is 365 g/mol. The average molecular weight is 384 g/mol. The van der Waals surface area contributed by atoms with Gasteiger partial charge in [0, 0.05) is 0 Å². The van der Waals surface area contributed by atoms with E-state index >= 15 is 0 Å². The average Bonchev–Trinajstić information content (AvgIpc) is 2.65. The topological polar surface area (TPSA) is 12.4 Å². The number of hydrogen-bond acceptors (Lipinski definition) is 1. The van der Waals surface area contributed by atoms with E-state index in [-0.39, 0.29) is 0 Å². The summed E-state index contributed by atoms with van der Waals surface area (Å²) in [7, 11) is -2.12. The Morgan fingerprint density at radius 1 is 0.652 bits per heavy atom.